The molecule has 2 aromatic carbocycles. The van der Waals surface area contributed by atoms with E-state index < -0.39 is 5.91 Å². The van der Waals surface area contributed by atoms with Gasteiger partial charge in [-0.05, 0) is 42.3 Å². The molecule has 0 radical (unpaired) electrons. The fourth-order valence-electron chi connectivity index (χ4n) is 1.87. The Kier molecular flexibility index (Phi) is 4.48. The molecule has 0 fully saturated rings. The molecule has 0 aliphatic heterocycles. The SMILES string of the molecule is NC(=O)c1ccc(NCCc2ccc(Cl)cc2)c(N)c1. The van der Waals surface area contributed by atoms with Gasteiger partial charge in [0.2, 0.25) is 5.91 Å². The third kappa shape index (κ3) is 3.65. The van der Waals surface area contributed by atoms with Gasteiger partial charge >= 0.3 is 0 Å². The average Bonchev–Trinajstić information content (AvgIpc) is 2.42. The summed E-state index contributed by atoms with van der Waals surface area (Å²) in [5.74, 6) is -0.482. The standard InChI is InChI=1S/C15H16ClN3O/c16-12-4-1-10(2-5-12)7-8-19-14-6-3-11(15(18)20)9-13(14)17/h1-6,9,19H,7-8,17H2,(H2,18,20). The maximum Gasteiger partial charge on any atom is 0.248 e. The quantitative estimate of drug-likeness (QED) is 0.740. The highest BCUT2D eigenvalue weighted by Gasteiger charge is 2.04. The molecule has 5 N–H and O–H groups in total. The molecular formula is C15H16ClN3O. The van der Waals surface area contributed by atoms with Gasteiger partial charge in [0, 0.05) is 17.1 Å². The fourth-order valence-corrected chi connectivity index (χ4v) is 2.00. The molecule has 0 aromatic heterocycles. The number of benzene rings is 2. The number of carbonyl (C=O) groups excluding carboxylic acids is 1. The number of carbonyl (C=O) groups is 1. The van der Waals surface area contributed by atoms with Gasteiger partial charge in [-0.1, -0.05) is 23.7 Å². The monoisotopic (exact) mass is 289 g/mol. The first-order valence-electron chi connectivity index (χ1n) is 6.24. The van der Waals surface area contributed by atoms with Gasteiger partial charge in [-0.2, -0.15) is 0 Å². The molecule has 0 unspecified atom stereocenters. The minimum Gasteiger partial charge on any atom is -0.397 e. The van der Waals surface area contributed by atoms with E-state index in [1.807, 2.05) is 24.3 Å². The molecule has 104 valence electrons. The second kappa shape index (κ2) is 6.30. The molecule has 0 aliphatic rings. The van der Waals surface area contributed by atoms with Crippen molar-refractivity contribution in [2.45, 2.75) is 6.42 Å². The van der Waals surface area contributed by atoms with Crippen LogP contribution in [0.2, 0.25) is 5.02 Å². The summed E-state index contributed by atoms with van der Waals surface area (Å²) in [6, 6.07) is 12.7. The largest absolute Gasteiger partial charge is 0.397 e. The van der Waals surface area contributed by atoms with Gasteiger partial charge in [-0.15, -0.1) is 0 Å². The molecule has 20 heavy (non-hydrogen) atoms. The molecular weight excluding hydrogens is 274 g/mol. The summed E-state index contributed by atoms with van der Waals surface area (Å²) < 4.78 is 0. The zero-order valence-corrected chi connectivity index (χ0v) is 11.7. The van der Waals surface area contributed by atoms with Crippen molar-refractivity contribution in [3.8, 4) is 0 Å². The Morgan fingerprint density at radius 1 is 1.15 bits per heavy atom. The predicted octanol–water partition coefficient (Wildman–Crippen LogP) is 2.68. The van der Waals surface area contributed by atoms with Gasteiger partial charge in [0.25, 0.3) is 0 Å². The number of primary amides is 1. The van der Waals surface area contributed by atoms with Gasteiger partial charge in [0.05, 0.1) is 11.4 Å². The Balaban J connectivity index is 1.94. The normalized spacial score (nSPS) is 10.2. The van der Waals surface area contributed by atoms with E-state index >= 15 is 0 Å². The lowest BCUT2D eigenvalue weighted by Crippen LogP contribution is -2.12. The minimum atomic E-state index is -0.482. The molecule has 0 atom stereocenters. The predicted molar refractivity (Wildman–Crippen MR) is 83.0 cm³/mol. The van der Waals surface area contributed by atoms with Crippen LogP contribution in [-0.2, 0) is 6.42 Å². The summed E-state index contributed by atoms with van der Waals surface area (Å²) >= 11 is 5.83. The first kappa shape index (κ1) is 14.2. The maximum absolute atomic E-state index is 11.0. The Hall–Kier alpha value is -2.20. The van der Waals surface area contributed by atoms with Crippen LogP contribution in [0.25, 0.3) is 0 Å². The number of anilines is 2. The smallest absolute Gasteiger partial charge is 0.248 e. The summed E-state index contributed by atoms with van der Waals surface area (Å²) in [4.78, 5) is 11.0. The van der Waals surface area contributed by atoms with E-state index in [1.54, 1.807) is 18.2 Å². The van der Waals surface area contributed by atoms with Gasteiger partial charge < -0.3 is 16.8 Å². The molecule has 1 amide bonds. The lowest BCUT2D eigenvalue weighted by molar-refractivity contribution is 0.100. The van der Waals surface area contributed by atoms with Gasteiger partial charge in [-0.25, -0.2) is 0 Å². The topological polar surface area (TPSA) is 81.1 Å². The molecule has 0 saturated heterocycles. The third-order valence-corrected chi connectivity index (χ3v) is 3.23. The molecule has 2 rings (SSSR count). The summed E-state index contributed by atoms with van der Waals surface area (Å²) in [5, 5.41) is 3.96. The highest BCUT2D eigenvalue weighted by Crippen LogP contribution is 2.19. The number of nitrogen functional groups attached to an aromatic ring is 1. The number of rotatable bonds is 5. The maximum atomic E-state index is 11.0. The van der Waals surface area contributed by atoms with Crippen molar-refractivity contribution in [1.29, 1.82) is 0 Å². The van der Waals surface area contributed by atoms with Gasteiger partial charge in [0.1, 0.15) is 0 Å². The Labute approximate surface area is 122 Å². The number of amides is 1. The van der Waals surface area contributed by atoms with Crippen LogP contribution in [0.4, 0.5) is 11.4 Å². The van der Waals surface area contributed by atoms with Crippen LogP contribution in [0.3, 0.4) is 0 Å². The van der Waals surface area contributed by atoms with Gasteiger partial charge in [0.15, 0.2) is 0 Å². The number of halogens is 1. The lowest BCUT2D eigenvalue weighted by Gasteiger charge is -2.10. The molecule has 0 heterocycles. The first-order valence-corrected chi connectivity index (χ1v) is 6.61. The Morgan fingerprint density at radius 3 is 2.45 bits per heavy atom. The Bertz CT molecular complexity index is 611. The highest BCUT2D eigenvalue weighted by atomic mass is 35.5. The van der Waals surface area contributed by atoms with Crippen molar-refractivity contribution in [2.75, 3.05) is 17.6 Å². The van der Waals surface area contributed by atoms with E-state index in [0.29, 0.717) is 11.3 Å². The molecule has 4 nitrogen and oxygen atoms in total. The second-order valence-electron chi connectivity index (χ2n) is 4.47. The molecule has 0 saturated carbocycles. The van der Waals surface area contributed by atoms with Crippen LogP contribution >= 0.6 is 11.6 Å². The summed E-state index contributed by atoms with van der Waals surface area (Å²) in [6.45, 7) is 0.738. The molecule has 0 spiro atoms. The van der Waals surface area contributed by atoms with Crippen molar-refractivity contribution < 1.29 is 4.79 Å². The van der Waals surface area contributed by atoms with E-state index in [4.69, 9.17) is 23.1 Å². The zero-order chi connectivity index (χ0) is 14.5. The summed E-state index contributed by atoms with van der Waals surface area (Å²) in [5.41, 5.74) is 14.0. The lowest BCUT2D eigenvalue weighted by atomic mass is 10.1. The molecule has 5 heteroatoms. The number of nitrogens with two attached hydrogens (primary N) is 2. The van der Waals surface area contributed by atoms with Crippen LogP contribution in [-0.4, -0.2) is 12.5 Å². The van der Waals surface area contributed by atoms with Crippen LogP contribution in [0.5, 0.6) is 0 Å². The molecule has 0 bridgehead atoms. The second-order valence-corrected chi connectivity index (χ2v) is 4.91. The van der Waals surface area contributed by atoms with E-state index in [0.717, 1.165) is 23.7 Å². The zero-order valence-electron chi connectivity index (χ0n) is 10.9. The average molecular weight is 290 g/mol. The van der Waals surface area contributed by atoms with Crippen molar-refractivity contribution in [1.82, 2.24) is 0 Å². The van der Waals surface area contributed by atoms with E-state index in [9.17, 15) is 4.79 Å². The number of hydrogen-bond acceptors (Lipinski definition) is 3. The van der Waals surface area contributed by atoms with Crippen molar-refractivity contribution >= 4 is 28.9 Å². The van der Waals surface area contributed by atoms with Crippen LogP contribution in [0.1, 0.15) is 15.9 Å². The summed E-state index contributed by atoms with van der Waals surface area (Å²) in [6.07, 6.45) is 0.855. The number of hydrogen-bond donors (Lipinski definition) is 3. The molecule has 2 aromatic rings. The van der Waals surface area contributed by atoms with Crippen molar-refractivity contribution in [2.24, 2.45) is 5.73 Å². The first-order chi connectivity index (χ1) is 9.56. The third-order valence-electron chi connectivity index (χ3n) is 2.98. The van der Waals surface area contributed by atoms with Crippen molar-refractivity contribution in [3.63, 3.8) is 0 Å². The fraction of sp³-hybridized carbons (Fsp3) is 0.133. The highest BCUT2D eigenvalue weighted by molar-refractivity contribution is 6.30. The van der Waals surface area contributed by atoms with E-state index in [1.165, 1.54) is 5.56 Å². The van der Waals surface area contributed by atoms with E-state index in [-0.39, 0.29) is 0 Å². The van der Waals surface area contributed by atoms with Gasteiger partial charge in [-0.3, -0.25) is 4.79 Å². The molecule has 0 aliphatic carbocycles. The van der Waals surface area contributed by atoms with Crippen LogP contribution in [0.15, 0.2) is 42.5 Å². The Morgan fingerprint density at radius 2 is 1.85 bits per heavy atom. The number of nitrogens with one attached hydrogen (secondary N) is 1. The van der Waals surface area contributed by atoms with E-state index in [2.05, 4.69) is 5.32 Å². The van der Waals surface area contributed by atoms with Crippen LogP contribution in [0, 0.1) is 0 Å². The van der Waals surface area contributed by atoms with Crippen molar-refractivity contribution in [3.05, 3.63) is 58.6 Å². The minimum absolute atomic E-state index is 0.408. The van der Waals surface area contributed by atoms with Crippen LogP contribution < -0.4 is 16.8 Å². The summed E-state index contributed by atoms with van der Waals surface area (Å²) in [7, 11) is 0.